The van der Waals surface area contributed by atoms with Crippen LogP contribution in [0.3, 0.4) is 0 Å². The average molecular weight is 711 g/mol. The molecule has 0 aliphatic heterocycles. The predicted molar refractivity (Wildman–Crippen MR) is 239 cm³/mol. The van der Waals surface area contributed by atoms with Crippen molar-refractivity contribution in [2.75, 3.05) is 0 Å². The minimum absolute atomic E-state index is 1.15. The van der Waals surface area contributed by atoms with E-state index in [1.54, 1.807) is 0 Å². The normalized spacial score (nSPS) is 11.9. The molecule has 0 saturated heterocycles. The topological polar surface area (TPSA) is 9.86 Å². The summed E-state index contributed by atoms with van der Waals surface area (Å²) < 4.78 is 4.82. The van der Waals surface area contributed by atoms with Crippen LogP contribution in [0.15, 0.2) is 206 Å². The van der Waals surface area contributed by atoms with E-state index in [-0.39, 0.29) is 0 Å². The van der Waals surface area contributed by atoms with Crippen molar-refractivity contribution in [2.24, 2.45) is 0 Å². The van der Waals surface area contributed by atoms with Gasteiger partial charge in [0.2, 0.25) is 0 Å². The number of benzene rings is 10. The van der Waals surface area contributed by atoms with Crippen molar-refractivity contribution in [3.8, 4) is 33.6 Å². The third kappa shape index (κ3) is 4.57. The number of fused-ring (bicyclic) bond motifs is 12. The lowest BCUT2D eigenvalue weighted by atomic mass is 9.92. The van der Waals surface area contributed by atoms with E-state index in [9.17, 15) is 0 Å². The third-order valence-electron chi connectivity index (χ3n) is 11.9. The minimum atomic E-state index is 1.15. The molecule has 0 N–H and O–H groups in total. The Hall–Kier alpha value is -7.42. The van der Waals surface area contributed by atoms with Gasteiger partial charge < -0.3 is 9.13 Å². The van der Waals surface area contributed by atoms with Crippen LogP contribution in [0.1, 0.15) is 0 Å². The molecule has 12 aromatic rings. The van der Waals surface area contributed by atoms with Crippen molar-refractivity contribution in [2.45, 2.75) is 0 Å². The highest BCUT2D eigenvalue weighted by Gasteiger charge is 2.17. The van der Waals surface area contributed by atoms with Crippen LogP contribution in [0.4, 0.5) is 0 Å². The fourth-order valence-corrected chi connectivity index (χ4v) is 9.33. The summed E-state index contributed by atoms with van der Waals surface area (Å²) in [5.74, 6) is 0. The monoisotopic (exact) mass is 710 g/mol. The Morgan fingerprint density at radius 2 is 0.536 bits per heavy atom. The number of hydrogen-bond acceptors (Lipinski definition) is 0. The molecule has 2 nitrogen and oxygen atoms in total. The van der Waals surface area contributed by atoms with E-state index in [0.717, 1.165) is 5.69 Å². The van der Waals surface area contributed by atoms with Crippen molar-refractivity contribution < 1.29 is 0 Å². The molecule has 0 bridgehead atoms. The highest BCUT2D eigenvalue weighted by molar-refractivity contribution is 6.26. The van der Waals surface area contributed by atoms with Gasteiger partial charge in [0, 0.05) is 32.9 Å². The molecule has 0 atom stereocenters. The molecule has 0 saturated carbocycles. The number of rotatable bonds is 4. The van der Waals surface area contributed by atoms with Crippen LogP contribution >= 0.6 is 0 Å². The maximum absolute atomic E-state index is 2.43. The first-order valence-electron chi connectivity index (χ1n) is 19.3. The minimum Gasteiger partial charge on any atom is -0.309 e. The molecule has 260 valence electrons. The fourth-order valence-electron chi connectivity index (χ4n) is 9.33. The van der Waals surface area contributed by atoms with E-state index < -0.39 is 0 Å². The molecule has 2 heteroatoms. The second kappa shape index (κ2) is 12.0. The van der Waals surface area contributed by atoms with Gasteiger partial charge in [0.05, 0.1) is 22.1 Å². The van der Waals surface area contributed by atoms with Gasteiger partial charge in [0.1, 0.15) is 0 Å². The third-order valence-corrected chi connectivity index (χ3v) is 11.9. The maximum Gasteiger partial charge on any atom is 0.0547 e. The van der Waals surface area contributed by atoms with Gasteiger partial charge in [-0.1, -0.05) is 146 Å². The lowest BCUT2D eigenvalue weighted by Crippen LogP contribution is -1.94. The Bertz CT molecular complexity index is 3480. The van der Waals surface area contributed by atoms with Crippen LogP contribution in [-0.2, 0) is 0 Å². The Morgan fingerprint density at radius 1 is 0.196 bits per heavy atom. The van der Waals surface area contributed by atoms with Crippen LogP contribution in [0, 0.1) is 0 Å². The van der Waals surface area contributed by atoms with Crippen molar-refractivity contribution in [1.29, 1.82) is 0 Å². The summed E-state index contributed by atoms with van der Waals surface area (Å²) >= 11 is 0. The van der Waals surface area contributed by atoms with Crippen molar-refractivity contribution in [3.05, 3.63) is 206 Å². The van der Waals surface area contributed by atoms with Crippen molar-refractivity contribution in [1.82, 2.24) is 9.13 Å². The van der Waals surface area contributed by atoms with Gasteiger partial charge in [-0.15, -0.1) is 0 Å². The van der Waals surface area contributed by atoms with Gasteiger partial charge in [-0.3, -0.25) is 0 Å². The van der Waals surface area contributed by atoms with E-state index in [0.29, 0.717) is 0 Å². The molecule has 0 fully saturated rings. The van der Waals surface area contributed by atoms with E-state index in [1.165, 1.54) is 104 Å². The molecule has 0 radical (unpaired) electrons. The first-order chi connectivity index (χ1) is 27.8. The highest BCUT2D eigenvalue weighted by atomic mass is 15.0. The summed E-state index contributed by atoms with van der Waals surface area (Å²) in [7, 11) is 0. The molecule has 0 aliphatic carbocycles. The average Bonchev–Trinajstić information content (AvgIpc) is 3.78. The molecule has 2 aromatic heterocycles. The van der Waals surface area contributed by atoms with Crippen molar-refractivity contribution >= 4 is 75.9 Å². The molecular weight excluding hydrogens is 677 g/mol. The Balaban J connectivity index is 1.06. The number of para-hydroxylation sites is 3. The SMILES string of the molecule is c1ccc(-n2c3ccccc3c3ccc(-c4ccc5c6cc(-c7ccc8c9ccccc9c9ccccc9c8c7)ccc6n(-c6ccccc6)c5c4)cc32)cc1. The van der Waals surface area contributed by atoms with Crippen LogP contribution < -0.4 is 0 Å². The molecule has 2 heterocycles. The van der Waals surface area contributed by atoms with Gasteiger partial charge in [0.15, 0.2) is 0 Å². The summed E-state index contributed by atoms with van der Waals surface area (Å²) in [6.07, 6.45) is 0. The van der Waals surface area contributed by atoms with Gasteiger partial charge >= 0.3 is 0 Å². The smallest absolute Gasteiger partial charge is 0.0547 e. The summed E-state index contributed by atoms with van der Waals surface area (Å²) in [5, 5.41) is 12.8. The van der Waals surface area contributed by atoms with Gasteiger partial charge in [-0.05, 0) is 115 Å². The Labute approximate surface area is 323 Å². The van der Waals surface area contributed by atoms with Crippen molar-refractivity contribution in [3.63, 3.8) is 0 Å². The van der Waals surface area contributed by atoms with E-state index in [1.807, 2.05) is 0 Å². The lowest BCUT2D eigenvalue weighted by Gasteiger charge is -2.12. The van der Waals surface area contributed by atoms with E-state index >= 15 is 0 Å². The highest BCUT2D eigenvalue weighted by Crippen LogP contribution is 2.41. The zero-order valence-corrected chi connectivity index (χ0v) is 30.5. The van der Waals surface area contributed by atoms with Crippen LogP contribution in [-0.4, -0.2) is 9.13 Å². The summed E-state index contributed by atoms with van der Waals surface area (Å²) in [4.78, 5) is 0. The standard InChI is InChI=1S/C54H34N2/c1-3-13-39(14-4-1)55-51-22-12-11-21-46(51)47-28-24-37(33-53(47)55)38-25-29-48-50-32-36(26-30-52(50)56(54(48)34-38)40-15-5-2-6-16-40)35-23-27-45-43-19-8-7-17-41(43)42-18-9-10-20-44(42)49(45)31-35/h1-34H. The van der Waals surface area contributed by atoms with E-state index in [2.05, 4.69) is 215 Å². The predicted octanol–water partition coefficient (Wildman–Crippen LogP) is 14.7. The first kappa shape index (κ1) is 31.0. The fraction of sp³-hybridized carbons (Fsp3) is 0. The quantitative estimate of drug-likeness (QED) is 0.161. The molecular formula is C54H34N2. The molecule has 0 spiro atoms. The Kier molecular flexibility index (Phi) is 6.66. The first-order valence-corrected chi connectivity index (χ1v) is 19.3. The lowest BCUT2D eigenvalue weighted by molar-refractivity contribution is 1.18. The number of aromatic nitrogens is 2. The summed E-state index contributed by atoms with van der Waals surface area (Å²) in [5.41, 5.74) is 12.0. The number of hydrogen-bond donors (Lipinski definition) is 0. The van der Waals surface area contributed by atoms with Gasteiger partial charge in [-0.25, -0.2) is 0 Å². The van der Waals surface area contributed by atoms with Gasteiger partial charge in [0.25, 0.3) is 0 Å². The largest absolute Gasteiger partial charge is 0.309 e. The van der Waals surface area contributed by atoms with Gasteiger partial charge in [-0.2, -0.15) is 0 Å². The maximum atomic E-state index is 2.43. The zero-order valence-electron chi connectivity index (χ0n) is 30.5. The Morgan fingerprint density at radius 3 is 1.09 bits per heavy atom. The molecule has 0 amide bonds. The second-order valence-electron chi connectivity index (χ2n) is 14.9. The summed E-state index contributed by atoms with van der Waals surface area (Å²) in [6, 6.07) is 75.8. The molecule has 56 heavy (non-hydrogen) atoms. The van der Waals surface area contributed by atoms with Crippen LogP contribution in [0.2, 0.25) is 0 Å². The molecule has 0 aliphatic rings. The van der Waals surface area contributed by atoms with Crippen LogP contribution in [0.5, 0.6) is 0 Å². The zero-order chi connectivity index (χ0) is 36.7. The van der Waals surface area contributed by atoms with Crippen LogP contribution in [0.25, 0.3) is 110 Å². The number of nitrogens with zero attached hydrogens (tertiary/aromatic N) is 2. The second-order valence-corrected chi connectivity index (χ2v) is 14.9. The molecule has 0 unspecified atom stereocenters. The molecule has 12 rings (SSSR count). The van der Waals surface area contributed by atoms with E-state index in [4.69, 9.17) is 0 Å². The molecule has 10 aromatic carbocycles. The summed E-state index contributed by atoms with van der Waals surface area (Å²) in [6.45, 7) is 0.